The van der Waals surface area contributed by atoms with Crippen LogP contribution in [0.2, 0.25) is 0 Å². The largest absolute Gasteiger partial charge is 0.307 e. The number of nitrogens with zero attached hydrogens (tertiary/aromatic N) is 2. The fourth-order valence-corrected chi connectivity index (χ4v) is 2.62. The van der Waals surface area contributed by atoms with Gasteiger partial charge in [0.2, 0.25) is 0 Å². The molecular formula is C17H18BrN3. The van der Waals surface area contributed by atoms with E-state index < -0.39 is 0 Å². The van der Waals surface area contributed by atoms with Crippen molar-refractivity contribution >= 4 is 21.6 Å². The van der Waals surface area contributed by atoms with Crippen molar-refractivity contribution in [1.82, 2.24) is 14.7 Å². The number of benzene rings is 1. The lowest BCUT2D eigenvalue weighted by Gasteiger charge is -2.26. The van der Waals surface area contributed by atoms with Gasteiger partial charge in [-0.25, -0.2) is 4.98 Å². The molecule has 3 rings (SSSR count). The van der Waals surface area contributed by atoms with E-state index in [4.69, 9.17) is 0 Å². The van der Waals surface area contributed by atoms with E-state index in [1.54, 1.807) is 0 Å². The van der Waals surface area contributed by atoms with Crippen molar-refractivity contribution in [2.45, 2.75) is 25.9 Å². The van der Waals surface area contributed by atoms with Gasteiger partial charge in [0, 0.05) is 29.0 Å². The van der Waals surface area contributed by atoms with Gasteiger partial charge in [-0.15, -0.1) is 0 Å². The summed E-state index contributed by atoms with van der Waals surface area (Å²) in [5.41, 5.74) is 3.19. The number of hydrogen-bond acceptors (Lipinski definition) is 2. The Morgan fingerprint density at radius 2 is 1.90 bits per heavy atom. The molecule has 3 aromatic rings. The van der Waals surface area contributed by atoms with Gasteiger partial charge in [-0.1, -0.05) is 34.1 Å². The number of rotatable bonds is 4. The van der Waals surface area contributed by atoms with Crippen LogP contribution in [0.25, 0.3) is 5.65 Å². The maximum atomic E-state index is 4.62. The van der Waals surface area contributed by atoms with Gasteiger partial charge in [-0.05, 0) is 43.7 Å². The molecule has 0 unspecified atom stereocenters. The molecule has 108 valence electrons. The standard InChI is InChI=1S/C17H18BrN3/c1-17(2,13-6-8-14(18)9-7-13)19-11-15-12-21-10-4-3-5-16(21)20-15/h3-10,12,19H,11H2,1-2H3. The molecule has 0 aliphatic heterocycles. The van der Waals surface area contributed by atoms with Crippen LogP contribution >= 0.6 is 15.9 Å². The zero-order valence-corrected chi connectivity index (χ0v) is 13.8. The molecule has 2 aromatic heterocycles. The Balaban J connectivity index is 1.75. The Kier molecular flexibility index (Phi) is 3.83. The van der Waals surface area contributed by atoms with Crippen LogP contribution in [0.15, 0.2) is 59.3 Å². The minimum absolute atomic E-state index is 0.101. The normalized spacial score (nSPS) is 12.0. The summed E-state index contributed by atoms with van der Waals surface area (Å²) in [5.74, 6) is 0. The molecule has 0 aliphatic rings. The average molecular weight is 344 g/mol. The van der Waals surface area contributed by atoms with Gasteiger partial charge in [-0.3, -0.25) is 0 Å². The lowest BCUT2D eigenvalue weighted by Crippen LogP contribution is -2.36. The summed E-state index contributed by atoms with van der Waals surface area (Å²) in [6.07, 6.45) is 4.09. The number of hydrogen-bond donors (Lipinski definition) is 1. The summed E-state index contributed by atoms with van der Waals surface area (Å²) in [5, 5.41) is 3.58. The monoisotopic (exact) mass is 343 g/mol. The van der Waals surface area contributed by atoms with E-state index in [-0.39, 0.29) is 5.54 Å². The van der Waals surface area contributed by atoms with Crippen molar-refractivity contribution in [2.24, 2.45) is 0 Å². The van der Waals surface area contributed by atoms with Crippen LogP contribution in [0, 0.1) is 0 Å². The zero-order chi connectivity index (χ0) is 14.9. The third-order valence-corrected chi connectivity index (χ3v) is 4.22. The highest BCUT2D eigenvalue weighted by molar-refractivity contribution is 9.10. The van der Waals surface area contributed by atoms with Crippen molar-refractivity contribution in [3.05, 3.63) is 70.6 Å². The molecule has 0 atom stereocenters. The Hall–Kier alpha value is -1.65. The summed E-state index contributed by atoms with van der Waals surface area (Å²) in [4.78, 5) is 4.62. The van der Waals surface area contributed by atoms with E-state index in [1.165, 1.54) is 5.56 Å². The molecule has 1 N–H and O–H groups in total. The van der Waals surface area contributed by atoms with Crippen LogP contribution in [-0.4, -0.2) is 9.38 Å². The first-order chi connectivity index (χ1) is 10.0. The number of pyridine rings is 1. The summed E-state index contributed by atoms with van der Waals surface area (Å²) in [6.45, 7) is 5.11. The second kappa shape index (κ2) is 5.62. The first-order valence-electron chi connectivity index (χ1n) is 6.98. The first kappa shape index (κ1) is 14.3. The van der Waals surface area contributed by atoms with Gasteiger partial charge < -0.3 is 9.72 Å². The molecule has 4 heteroatoms. The van der Waals surface area contributed by atoms with E-state index in [0.29, 0.717) is 0 Å². The van der Waals surface area contributed by atoms with Crippen molar-refractivity contribution in [3.63, 3.8) is 0 Å². The zero-order valence-electron chi connectivity index (χ0n) is 12.2. The van der Waals surface area contributed by atoms with Gasteiger partial charge in [0.05, 0.1) is 5.69 Å². The molecule has 0 bridgehead atoms. The fraction of sp³-hybridized carbons (Fsp3) is 0.235. The van der Waals surface area contributed by atoms with Gasteiger partial charge in [0.25, 0.3) is 0 Å². The Morgan fingerprint density at radius 3 is 2.62 bits per heavy atom. The fourth-order valence-electron chi connectivity index (χ4n) is 2.35. The minimum Gasteiger partial charge on any atom is -0.307 e. The average Bonchev–Trinajstić information content (AvgIpc) is 2.89. The third kappa shape index (κ3) is 3.17. The Bertz CT molecular complexity index is 711. The second-order valence-corrected chi connectivity index (χ2v) is 6.60. The number of aromatic nitrogens is 2. The predicted octanol–water partition coefficient (Wildman–Crippen LogP) is 4.12. The molecule has 3 nitrogen and oxygen atoms in total. The van der Waals surface area contributed by atoms with E-state index in [9.17, 15) is 0 Å². The molecule has 0 aliphatic carbocycles. The molecular weight excluding hydrogens is 326 g/mol. The molecule has 2 heterocycles. The molecule has 0 amide bonds. The number of imidazole rings is 1. The van der Waals surface area contributed by atoms with Crippen LogP contribution in [0.3, 0.4) is 0 Å². The van der Waals surface area contributed by atoms with Crippen LogP contribution < -0.4 is 5.32 Å². The molecule has 0 fully saturated rings. The second-order valence-electron chi connectivity index (χ2n) is 5.68. The van der Waals surface area contributed by atoms with Crippen LogP contribution in [-0.2, 0) is 12.1 Å². The van der Waals surface area contributed by atoms with Gasteiger partial charge in [-0.2, -0.15) is 0 Å². The van der Waals surface area contributed by atoms with Crippen molar-refractivity contribution in [2.75, 3.05) is 0 Å². The Morgan fingerprint density at radius 1 is 1.14 bits per heavy atom. The molecule has 21 heavy (non-hydrogen) atoms. The number of nitrogens with one attached hydrogen (secondary N) is 1. The Labute approximate surface area is 133 Å². The maximum absolute atomic E-state index is 4.62. The van der Waals surface area contributed by atoms with Gasteiger partial charge in [0.15, 0.2) is 0 Å². The summed E-state index contributed by atoms with van der Waals surface area (Å²) < 4.78 is 3.14. The van der Waals surface area contributed by atoms with Crippen LogP contribution in [0.5, 0.6) is 0 Å². The molecule has 0 radical (unpaired) electrons. The molecule has 0 saturated heterocycles. The summed E-state index contributed by atoms with van der Waals surface area (Å²) >= 11 is 3.47. The number of halogens is 1. The molecule has 0 saturated carbocycles. The lowest BCUT2D eigenvalue weighted by molar-refractivity contribution is 0.399. The third-order valence-electron chi connectivity index (χ3n) is 3.69. The van der Waals surface area contributed by atoms with Crippen molar-refractivity contribution in [3.8, 4) is 0 Å². The highest BCUT2D eigenvalue weighted by Crippen LogP contribution is 2.22. The summed E-state index contributed by atoms with van der Waals surface area (Å²) in [7, 11) is 0. The summed E-state index contributed by atoms with van der Waals surface area (Å²) in [6, 6.07) is 14.5. The van der Waals surface area contributed by atoms with Crippen LogP contribution in [0.1, 0.15) is 25.1 Å². The van der Waals surface area contributed by atoms with E-state index in [0.717, 1.165) is 22.4 Å². The van der Waals surface area contributed by atoms with Crippen LogP contribution in [0.4, 0.5) is 0 Å². The molecule has 0 spiro atoms. The van der Waals surface area contributed by atoms with Crippen molar-refractivity contribution < 1.29 is 0 Å². The first-order valence-corrected chi connectivity index (χ1v) is 7.78. The topological polar surface area (TPSA) is 29.3 Å². The predicted molar refractivity (Wildman–Crippen MR) is 89.2 cm³/mol. The quantitative estimate of drug-likeness (QED) is 0.771. The highest BCUT2D eigenvalue weighted by Gasteiger charge is 2.19. The van der Waals surface area contributed by atoms with E-state index >= 15 is 0 Å². The van der Waals surface area contributed by atoms with E-state index in [2.05, 4.69) is 70.5 Å². The highest BCUT2D eigenvalue weighted by atomic mass is 79.9. The minimum atomic E-state index is -0.101. The molecule has 1 aromatic carbocycles. The van der Waals surface area contributed by atoms with E-state index in [1.807, 2.05) is 28.8 Å². The lowest BCUT2D eigenvalue weighted by atomic mass is 9.94. The number of fused-ring (bicyclic) bond motifs is 1. The van der Waals surface area contributed by atoms with Crippen molar-refractivity contribution in [1.29, 1.82) is 0 Å². The smallest absolute Gasteiger partial charge is 0.137 e. The van der Waals surface area contributed by atoms with Gasteiger partial charge in [0.1, 0.15) is 5.65 Å². The maximum Gasteiger partial charge on any atom is 0.137 e. The SMILES string of the molecule is CC(C)(NCc1cn2ccccc2n1)c1ccc(Br)cc1. The van der Waals surface area contributed by atoms with Gasteiger partial charge >= 0.3 is 0 Å².